The first-order valence-corrected chi connectivity index (χ1v) is 2.77. The highest BCUT2D eigenvalue weighted by Gasteiger charge is 2.01. The van der Waals surface area contributed by atoms with E-state index in [1.54, 1.807) is 14.0 Å². The molecule has 0 spiro atoms. The molecule has 4 nitrogen and oxygen atoms in total. The van der Waals surface area contributed by atoms with Crippen LogP contribution in [0.25, 0.3) is 0 Å². The Hall–Kier alpha value is -0.770. The average molecular weight is 131 g/mol. The lowest BCUT2D eigenvalue weighted by Gasteiger charge is -2.17. The molecule has 0 aromatic rings. The van der Waals surface area contributed by atoms with Crippen LogP contribution in [0.5, 0.6) is 0 Å². The highest BCUT2D eigenvalue weighted by atomic mass is 16.3. The Balaban J connectivity index is 3.50. The summed E-state index contributed by atoms with van der Waals surface area (Å²) in [4.78, 5) is 1.48. The Morgan fingerprint density at radius 3 is 2.44 bits per heavy atom. The first-order chi connectivity index (χ1) is 4.04. The molecule has 0 aromatic carbocycles. The molecule has 0 rings (SSSR count). The van der Waals surface area contributed by atoms with E-state index in [-0.39, 0.29) is 5.96 Å². The molecule has 0 fully saturated rings. The highest BCUT2D eigenvalue weighted by Crippen LogP contribution is 1.84. The summed E-state index contributed by atoms with van der Waals surface area (Å²) in [5, 5.41) is 15.7. The summed E-state index contributed by atoms with van der Waals surface area (Å²) < 4.78 is 0. The fourth-order valence-corrected chi connectivity index (χ4v) is 0.495. The van der Waals surface area contributed by atoms with Gasteiger partial charge in [-0.05, 0) is 6.92 Å². The fourth-order valence-electron chi connectivity index (χ4n) is 0.495. The quantitative estimate of drug-likeness (QED) is 0.339. The second-order valence-electron chi connectivity index (χ2n) is 2.11. The number of nitrogens with zero attached hydrogens (tertiary/aromatic N) is 1. The maximum absolute atomic E-state index is 8.78. The van der Waals surface area contributed by atoms with Crippen LogP contribution in [-0.2, 0) is 0 Å². The maximum Gasteiger partial charge on any atom is 0.188 e. The van der Waals surface area contributed by atoms with Gasteiger partial charge in [0.25, 0.3) is 0 Å². The Labute approximate surface area is 54.8 Å². The summed E-state index contributed by atoms with van der Waals surface area (Å²) in [6, 6.07) is 0. The van der Waals surface area contributed by atoms with Crippen molar-refractivity contribution in [3.8, 4) is 0 Å². The summed E-state index contributed by atoms with van der Waals surface area (Å²) in [7, 11) is 1.66. The van der Waals surface area contributed by atoms with Crippen molar-refractivity contribution in [2.75, 3.05) is 13.6 Å². The number of rotatable bonds is 2. The number of nitrogens with two attached hydrogens (primary N) is 1. The van der Waals surface area contributed by atoms with E-state index in [0.29, 0.717) is 6.54 Å². The maximum atomic E-state index is 8.78. The zero-order chi connectivity index (χ0) is 7.44. The summed E-state index contributed by atoms with van der Waals surface area (Å²) in [6.45, 7) is 2.06. The van der Waals surface area contributed by atoms with E-state index in [4.69, 9.17) is 16.2 Å². The van der Waals surface area contributed by atoms with Gasteiger partial charge < -0.3 is 15.7 Å². The zero-order valence-corrected chi connectivity index (χ0v) is 5.76. The monoisotopic (exact) mass is 131 g/mol. The van der Waals surface area contributed by atoms with Gasteiger partial charge in [0.15, 0.2) is 5.96 Å². The topological polar surface area (TPSA) is 73.3 Å². The molecule has 0 aliphatic heterocycles. The van der Waals surface area contributed by atoms with Crippen LogP contribution in [0.3, 0.4) is 0 Å². The molecule has 1 unspecified atom stereocenters. The van der Waals surface area contributed by atoms with Crippen molar-refractivity contribution in [3.63, 3.8) is 0 Å². The van der Waals surface area contributed by atoms with Crippen LogP contribution < -0.4 is 5.73 Å². The largest absolute Gasteiger partial charge is 0.392 e. The number of hydrogen-bond donors (Lipinski definition) is 3. The van der Waals surface area contributed by atoms with Crippen molar-refractivity contribution in [1.29, 1.82) is 5.41 Å². The third kappa shape index (κ3) is 3.78. The van der Waals surface area contributed by atoms with Crippen molar-refractivity contribution in [1.82, 2.24) is 4.90 Å². The molecule has 54 valence electrons. The minimum absolute atomic E-state index is 0.0177. The molecular formula is C5H13N3O. The van der Waals surface area contributed by atoms with E-state index in [2.05, 4.69) is 0 Å². The van der Waals surface area contributed by atoms with Crippen molar-refractivity contribution in [2.45, 2.75) is 13.0 Å². The van der Waals surface area contributed by atoms with Crippen molar-refractivity contribution in [2.24, 2.45) is 5.73 Å². The summed E-state index contributed by atoms with van der Waals surface area (Å²) in [5.41, 5.74) is 5.08. The van der Waals surface area contributed by atoms with E-state index in [9.17, 15) is 0 Å². The van der Waals surface area contributed by atoms with E-state index < -0.39 is 6.10 Å². The normalized spacial score (nSPS) is 12.8. The van der Waals surface area contributed by atoms with E-state index in [1.165, 1.54) is 4.90 Å². The average Bonchev–Trinajstić information content (AvgIpc) is 1.63. The lowest BCUT2D eigenvalue weighted by molar-refractivity contribution is 0.167. The van der Waals surface area contributed by atoms with E-state index >= 15 is 0 Å². The number of likely N-dealkylation sites (N-methyl/N-ethyl adjacent to an activating group) is 1. The Bertz CT molecular complexity index is 102. The number of aliphatic hydroxyl groups is 1. The molecule has 0 saturated heterocycles. The minimum Gasteiger partial charge on any atom is -0.392 e. The van der Waals surface area contributed by atoms with Crippen LogP contribution >= 0.6 is 0 Å². The Morgan fingerprint density at radius 1 is 1.89 bits per heavy atom. The van der Waals surface area contributed by atoms with Crippen LogP contribution in [0.15, 0.2) is 0 Å². The number of guanidine groups is 1. The van der Waals surface area contributed by atoms with Gasteiger partial charge in [0, 0.05) is 13.6 Å². The van der Waals surface area contributed by atoms with Crippen LogP contribution in [0.1, 0.15) is 6.92 Å². The molecule has 0 radical (unpaired) electrons. The first-order valence-electron chi connectivity index (χ1n) is 2.77. The predicted octanol–water partition coefficient (Wildman–Crippen LogP) is -0.808. The first kappa shape index (κ1) is 8.23. The molecule has 0 amide bonds. The van der Waals surface area contributed by atoms with E-state index in [1.807, 2.05) is 0 Å². The van der Waals surface area contributed by atoms with Gasteiger partial charge in [-0.2, -0.15) is 0 Å². The molecular weight excluding hydrogens is 118 g/mol. The Morgan fingerprint density at radius 2 is 2.33 bits per heavy atom. The third-order valence-corrected chi connectivity index (χ3v) is 0.949. The molecule has 4 heteroatoms. The van der Waals surface area contributed by atoms with Gasteiger partial charge in [-0.15, -0.1) is 0 Å². The van der Waals surface area contributed by atoms with Crippen LogP contribution in [0, 0.1) is 5.41 Å². The van der Waals surface area contributed by atoms with Crippen molar-refractivity contribution in [3.05, 3.63) is 0 Å². The van der Waals surface area contributed by atoms with Crippen LogP contribution in [-0.4, -0.2) is 35.7 Å². The third-order valence-electron chi connectivity index (χ3n) is 0.949. The molecule has 0 bridgehead atoms. The SMILES string of the molecule is CC(O)CN(C)C(=N)N. The molecule has 1 atom stereocenters. The van der Waals surface area contributed by atoms with Gasteiger partial charge in [0.05, 0.1) is 6.10 Å². The Kier molecular flexibility index (Phi) is 3.01. The fraction of sp³-hybridized carbons (Fsp3) is 0.800. The second-order valence-corrected chi connectivity index (χ2v) is 2.11. The lowest BCUT2D eigenvalue weighted by Crippen LogP contribution is -2.37. The van der Waals surface area contributed by atoms with Gasteiger partial charge in [-0.25, -0.2) is 0 Å². The predicted molar refractivity (Wildman–Crippen MR) is 36.2 cm³/mol. The molecule has 0 aliphatic carbocycles. The van der Waals surface area contributed by atoms with Crippen LogP contribution in [0.2, 0.25) is 0 Å². The van der Waals surface area contributed by atoms with Gasteiger partial charge in [0.2, 0.25) is 0 Å². The number of aliphatic hydroxyl groups excluding tert-OH is 1. The molecule has 0 aromatic heterocycles. The standard InChI is InChI=1S/C5H13N3O/c1-4(9)3-8(2)5(6)7/h4,9H,3H2,1-2H3,(H3,6,7). The van der Waals surface area contributed by atoms with Gasteiger partial charge in [-0.3, -0.25) is 5.41 Å². The van der Waals surface area contributed by atoms with E-state index in [0.717, 1.165) is 0 Å². The lowest BCUT2D eigenvalue weighted by atomic mass is 10.4. The van der Waals surface area contributed by atoms with Crippen LogP contribution in [0.4, 0.5) is 0 Å². The van der Waals surface area contributed by atoms with Gasteiger partial charge >= 0.3 is 0 Å². The zero-order valence-electron chi connectivity index (χ0n) is 5.76. The second kappa shape index (κ2) is 3.29. The summed E-state index contributed by atoms with van der Waals surface area (Å²) in [5.74, 6) is -0.0177. The van der Waals surface area contributed by atoms with Crippen molar-refractivity contribution < 1.29 is 5.11 Å². The minimum atomic E-state index is -0.432. The number of hydrogen-bond acceptors (Lipinski definition) is 2. The molecule has 0 aliphatic rings. The summed E-state index contributed by atoms with van der Waals surface area (Å²) >= 11 is 0. The summed E-state index contributed by atoms with van der Waals surface area (Å²) in [6.07, 6.45) is -0.432. The molecule has 0 heterocycles. The smallest absolute Gasteiger partial charge is 0.188 e. The number of nitrogens with one attached hydrogen (secondary N) is 1. The van der Waals surface area contributed by atoms with Gasteiger partial charge in [-0.1, -0.05) is 0 Å². The van der Waals surface area contributed by atoms with Crippen molar-refractivity contribution >= 4 is 5.96 Å². The molecule has 9 heavy (non-hydrogen) atoms. The molecule has 4 N–H and O–H groups in total. The molecule has 0 saturated carbocycles. The highest BCUT2D eigenvalue weighted by molar-refractivity contribution is 5.74. The van der Waals surface area contributed by atoms with Gasteiger partial charge in [0.1, 0.15) is 0 Å².